The van der Waals surface area contributed by atoms with Crippen LogP contribution < -0.4 is 5.32 Å². The van der Waals surface area contributed by atoms with Gasteiger partial charge in [0.2, 0.25) is 0 Å². The SMILES string of the molecule is Cc1cnc(CNc2cc(F)ccc2Cl)c(C)c1[N+](=O)[O-]. The Balaban J connectivity index is 2.27. The zero-order valence-electron chi connectivity index (χ0n) is 11.5. The van der Waals surface area contributed by atoms with Crippen molar-refractivity contribution < 1.29 is 9.31 Å². The topological polar surface area (TPSA) is 68.1 Å². The minimum atomic E-state index is -0.426. The molecule has 0 bridgehead atoms. The van der Waals surface area contributed by atoms with E-state index in [1.807, 2.05) is 0 Å². The molecule has 1 N–H and O–H groups in total. The van der Waals surface area contributed by atoms with Gasteiger partial charge in [0.05, 0.1) is 33.4 Å². The van der Waals surface area contributed by atoms with E-state index in [4.69, 9.17) is 11.6 Å². The van der Waals surface area contributed by atoms with Gasteiger partial charge in [-0.1, -0.05) is 11.6 Å². The predicted octanol–water partition coefficient (Wildman–Crippen LogP) is 4.01. The molecule has 0 saturated carbocycles. The number of pyridine rings is 1. The molecule has 110 valence electrons. The van der Waals surface area contributed by atoms with Crippen molar-refractivity contribution in [3.63, 3.8) is 0 Å². The first-order chi connectivity index (χ1) is 9.90. The Morgan fingerprint density at radius 2 is 2.14 bits per heavy atom. The molecular formula is C14H13ClFN3O2. The molecule has 0 unspecified atom stereocenters. The number of anilines is 1. The van der Waals surface area contributed by atoms with Crippen LogP contribution in [0.2, 0.25) is 5.02 Å². The molecule has 2 rings (SSSR count). The molecule has 0 fully saturated rings. The standard InChI is InChI=1S/C14H13ClFN3O2/c1-8-6-17-13(9(2)14(8)19(20)21)7-18-12-5-10(16)3-4-11(12)15/h3-6,18H,7H2,1-2H3. The maximum absolute atomic E-state index is 13.2. The molecule has 0 radical (unpaired) electrons. The summed E-state index contributed by atoms with van der Waals surface area (Å²) in [6.45, 7) is 3.50. The minimum absolute atomic E-state index is 0.0483. The number of nitrogens with zero attached hydrogens (tertiary/aromatic N) is 2. The van der Waals surface area contributed by atoms with Crippen LogP contribution in [0.25, 0.3) is 0 Å². The summed E-state index contributed by atoms with van der Waals surface area (Å²) in [5.41, 5.74) is 1.98. The summed E-state index contributed by atoms with van der Waals surface area (Å²) in [5, 5.41) is 14.4. The van der Waals surface area contributed by atoms with E-state index in [0.29, 0.717) is 27.5 Å². The van der Waals surface area contributed by atoms with Crippen LogP contribution in [0.15, 0.2) is 24.4 Å². The predicted molar refractivity (Wildman–Crippen MR) is 79.1 cm³/mol. The Morgan fingerprint density at radius 3 is 2.81 bits per heavy atom. The number of nitro groups is 1. The summed E-state index contributed by atoms with van der Waals surface area (Å²) in [7, 11) is 0. The molecule has 2 aromatic rings. The van der Waals surface area contributed by atoms with E-state index in [9.17, 15) is 14.5 Å². The van der Waals surface area contributed by atoms with Crippen molar-refractivity contribution in [2.24, 2.45) is 0 Å². The van der Waals surface area contributed by atoms with Crippen LogP contribution in [-0.4, -0.2) is 9.91 Å². The van der Waals surface area contributed by atoms with Crippen LogP contribution in [0.3, 0.4) is 0 Å². The van der Waals surface area contributed by atoms with Gasteiger partial charge in [-0.15, -0.1) is 0 Å². The fourth-order valence-corrected chi connectivity index (χ4v) is 2.22. The van der Waals surface area contributed by atoms with Crippen LogP contribution in [-0.2, 0) is 6.54 Å². The third-order valence-electron chi connectivity index (χ3n) is 3.13. The summed E-state index contributed by atoms with van der Waals surface area (Å²) in [5.74, 6) is -0.415. The van der Waals surface area contributed by atoms with Crippen molar-refractivity contribution in [3.8, 4) is 0 Å². The smallest absolute Gasteiger partial charge is 0.278 e. The van der Waals surface area contributed by atoms with Crippen molar-refractivity contribution in [1.29, 1.82) is 0 Å². The van der Waals surface area contributed by atoms with E-state index in [1.54, 1.807) is 13.8 Å². The Kier molecular flexibility index (Phi) is 4.37. The molecule has 1 aromatic heterocycles. The van der Waals surface area contributed by atoms with Gasteiger partial charge >= 0.3 is 0 Å². The molecule has 21 heavy (non-hydrogen) atoms. The van der Waals surface area contributed by atoms with Crippen molar-refractivity contribution in [2.45, 2.75) is 20.4 Å². The van der Waals surface area contributed by atoms with Gasteiger partial charge in [0.15, 0.2) is 0 Å². The van der Waals surface area contributed by atoms with Gasteiger partial charge in [0, 0.05) is 11.8 Å². The van der Waals surface area contributed by atoms with Crippen molar-refractivity contribution in [2.75, 3.05) is 5.32 Å². The first-order valence-electron chi connectivity index (χ1n) is 6.18. The molecule has 0 saturated heterocycles. The average molecular weight is 310 g/mol. The maximum atomic E-state index is 13.2. The lowest BCUT2D eigenvalue weighted by atomic mass is 10.1. The van der Waals surface area contributed by atoms with Crippen LogP contribution in [0, 0.1) is 29.8 Å². The minimum Gasteiger partial charge on any atom is -0.378 e. The number of hydrogen-bond donors (Lipinski definition) is 1. The first kappa shape index (κ1) is 15.2. The van der Waals surface area contributed by atoms with Gasteiger partial charge in [-0.2, -0.15) is 0 Å². The normalized spacial score (nSPS) is 10.5. The van der Waals surface area contributed by atoms with Gasteiger partial charge in [-0.3, -0.25) is 15.1 Å². The number of benzene rings is 1. The number of halogens is 2. The van der Waals surface area contributed by atoms with E-state index in [2.05, 4.69) is 10.3 Å². The second-order valence-corrected chi connectivity index (χ2v) is 5.00. The largest absolute Gasteiger partial charge is 0.378 e. The van der Waals surface area contributed by atoms with E-state index in [1.165, 1.54) is 24.4 Å². The third-order valence-corrected chi connectivity index (χ3v) is 3.46. The molecule has 0 spiro atoms. The van der Waals surface area contributed by atoms with E-state index < -0.39 is 10.7 Å². The number of aromatic nitrogens is 1. The molecule has 0 amide bonds. The number of rotatable bonds is 4. The lowest BCUT2D eigenvalue weighted by Crippen LogP contribution is -2.07. The summed E-state index contributed by atoms with van der Waals surface area (Å²) < 4.78 is 13.2. The molecule has 1 heterocycles. The van der Waals surface area contributed by atoms with Crippen LogP contribution >= 0.6 is 11.6 Å². The van der Waals surface area contributed by atoms with Gasteiger partial charge in [-0.05, 0) is 32.0 Å². The van der Waals surface area contributed by atoms with Crippen LogP contribution in [0.4, 0.5) is 15.8 Å². The lowest BCUT2D eigenvalue weighted by molar-refractivity contribution is -0.386. The van der Waals surface area contributed by atoms with E-state index >= 15 is 0 Å². The van der Waals surface area contributed by atoms with Crippen molar-refractivity contribution >= 4 is 23.0 Å². The molecule has 0 aliphatic heterocycles. The van der Waals surface area contributed by atoms with Gasteiger partial charge in [0.1, 0.15) is 5.82 Å². The second kappa shape index (κ2) is 6.05. The quantitative estimate of drug-likeness (QED) is 0.684. The molecular weight excluding hydrogens is 297 g/mol. The highest BCUT2D eigenvalue weighted by Gasteiger charge is 2.18. The van der Waals surface area contributed by atoms with Crippen LogP contribution in [0.5, 0.6) is 0 Å². The fraction of sp³-hybridized carbons (Fsp3) is 0.214. The Hall–Kier alpha value is -2.21. The molecule has 5 nitrogen and oxygen atoms in total. The highest BCUT2D eigenvalue weighted by atomic mass is 35.5. The molecule has 0 aliphatic rings. The summed E-state index contributed by atoms with van der Waals surface area (Å²) in [6, 6.07) is 3.96. The molecule has 7 heteroatoms. The fourth-order valence-electron chi connectivity index (χ4n) is 2.04. The maximum Gasteiger partial charge on any atom is 0.278 e. The molecule has 0 atom stereocenters. The average Bonchev–Trinajstić information content (AvgIpc) is 2.41. The van der Waals surface area contributed by atoms with Gasteiger partial charge in [-0.25, -0.2) is 4.39 Å². The number of aryl methyl sites for hydroxylation is 1. The van der Waals surface area contributed by atoms with E-state index in [0.717, 1.165) is 0 Å². The number of hydrogen-bond acceptors (Lipinski definition) is 4. The van der Waals surface area contributed by atoms with Crippen molar-refractivity contribution in [3.05, 3.63) is 62.2 Å². The second-order valence-electron chi connectivity index (χ2n) is 4.60. The Morgan fingerprint density at radius 1 is 1.43 bits per heavy atom. The lowest BCUT2D eigenvalue weighted by Gasteiger charge is -2.11. The highest BCUT2D eigenvalue weighted by molar-refractivity contribution is 6.33. The zero-order valence-corrected chi connectivity index (χ0v) is 12.2. The van der Waals surface area contributed by atoms with Crippen LogP contribution in [0.1, 0.15) is 16.8 Å². The summed E-state index contributed by atoms with van der Waals surface area (Å²) in [4.78, 5) is 14.8. The molecule has 1 aromatic carbocycles. The van der Waals surface area contributed by atoms with E-state index in [-0.39, 0.29) is 12.2 Å². The first-order valence-corrected chi connectivity index (χ1v) is 6.56. The van der Waals surface area contributed by atoms with Gasteiger partial charge < -0.3 is 5.32 Å². The zero-order chi connectivity index (χ0) is 15.6. The Bertz CT molecular complexity index is 707. The summed E-state index contributed by atoms with van der Waals surface area (Å²) in [6.07, 6.45) is 1.45. The van der Waals surface area contributed by atoms with Crippen molar-refractivity contribution in [1.82, 2.24) is 4.98 Å². The van der Waals surface area contributed by atoms with Gasteiger partial charge in [0.25, 0.3) is 5.69 Å². The number of nitrogens with one attached hydrogen (secondary N) is 1. The Labute approximate surface area is 125 Å². The third kappa shape index (κ3) is 3.28. The monoisotopic (exact) mass is 309 g/mol. The summed E-state index contributed by atoms with van der Waals surface area (Å²) >= 11 is 5.95. The highest BCUT2D eigenvalue weighted by Crippen LogP contribution is 2.26. The molecule has 0 aliphatic carbocycles.